The highest BCUT2D eigenvalue weighted by molar-refractivity contribution is 6.12. The van der Waals surface area contributed by atoms with Gasteiger partial charge in [0.25, 0.3) is 0 Å². The Labute approximate surface area is 257 Å². The molecule has 6 nitrogen and oxygen atoms in total. The molecule has 0 saturated carbocycles. The van der Waals surface area contributed by atoms with Crippen LogP contribution in [0.25, 0.3) is 11.1 Å². The molecule has 0 fully saturated rings. The molecule has 5 aromatic rings. The summed E-state index contributed by atoms with van der Waals surface area (Å²) in [4.78, 5) is 38.1. The summed E-state index contributed by atoms with van der Waals surface area (Å²) in [5, 5.41) is 16.7. The molecule has 0 aliphatic heterocycles. The fourth-order valence-electron chi connectivity index (χ4n) is 5.14. The van der Waals surface area contributed by atoms with Crippen molar-refractivity contribution in [3.05, 3.63) is 161 Å². The van der Waals surface area contributed by atoms with Crippen molar-refractivity contribution in [1.29, 1.82) is 0 Å². The number of ketones is 2. The van der Waals surface area contributed by atoms with E-state index in [1.54, 1.807) is 55.5 Å². The SMILES string of the molecule is CC(Cc1ccc(-c2cccc(CNCC(=O)c3ccccc3)c2)cc1)(Nc1ccccc1C(=O)c1ccccc1)C(=O)O. The van der Waals surface area contributed by atoms with Gasteiger partial charge in [0.05, 0.1) is 6.54 Å². The van der Waals surface area contributed by atoms with Crippen molar-refractivity contribution >= 4 is 23.2 Å². The molecule has 44 heavy (non-hydrogen) atoms. The molecule has 5 rings (SSSR count). The van der Waals surface area contributed by atoms with Crippen molar-refractivity contribution in [1.82, 2.24) is 5.32 Å². The van der Waals surface area contributed by atoms with E-state index in [0.717, 1.165) is 22.3 Å². The van der Waals surface area contributed by atoms with Gasteiger partial charge in [0, 0.05) is 35.3 Å². The summed E-state index contributed by atoms with van der Waals surface area (Å²) >= 11 is 0. The van der Waals surface area contributed by atoms with Crippen molar-refractivity contribution in [3.8, 4) is 11.1 Å². The average Bonchev–Trinajstić information content (AvgIpc) is 3.06. The number of benzene rings is 5. The molecule has 1 unspecified atom stereocenters. The van der Waals surface area contributed by atoms with E-state index in [1.165, 1.54) is 0 Å². The third kappa shape index (κ3) is 7.35. The number of carboxylic acids is 1. The molecular formula is C38H34N2O4. The van der Waals surface area contributed by atoms with E-state index < -0.39 is 11.5 Å². The molecule has 5 aromatic carbocycles. The van der Waals surface area contributed by atoms with Crippen LogP contribution in [-0.2, 0) is 17.8 Å². The van der Waals surface area contributed by atoms with Crippen LogP contribution in [0.1, 0.15) is 44.3 Å². The number of carboxylic acid groups (broad SMARTS) is 1. The van der Waals surface area contributed by atoms with Crippen molar-refractivity contribution in [2.24, 2.45) is 0 Å². The van der Waals surface area contributed by atoms with Crippen LogP contribution < -0.4 is 10.6 Å². The monoisotopic (exact) mass is 582 g/mol. The number of Topliss-reactive ketones (excluding diaryl/α,β-unsaturated/α-hetero) is 1. The Hall–Kier alpha value is -5.33. The average molecular weight is 583 g/mol. The first-order valence-corrected chi connectivity index (χ1v) is 14.5. The Kier molecular flexibility index (Phi) is 9.43. The predicted octanol–water partition coefficient (Wildman–Crippen LogP) is 7.06. The van der Waals surface area contributed by atoms with Crippen molar-refractivity contribution in [2.45, 2.75) is 25.4 Å². The zero-order valence-corrected chi connectivity index (χ0v) is 24.5. The van der Waals surface area contributed by atoms with E-state index in [1.807, 2.05) is 78.9 Å². The van der Waals surface area contributed by atoms with Gasteiger partial charge in [-0.1, -0.05) is 115 Å². The molecular weight excluding hydrogens is 548 g/mol. The van der Waals surface area contributed by atoms with Crippen molar-refractivity contribution < 1.29 is 19.5 Å². The molecule has 0 aromatic heterocycles. The van der Waals surface area contributed by atoms with Gasteiger partial charge in [-0.15, -0.1) is 0 Å². The van der Waals surface area contributed by atoms with Crippen molar-refractivity contribution in [3.63, 3.8) is 0 Å². The van der Waals surface area contributed by atoms with E-state index in [4.69, 9.17) is 0 Å². The summed E-state index contributed by atoms with van der Waals surface area (Å²) in [6.07, 6.45) is 0.204. The van der Waals surface area contributed by atoms with Crippen LogP contribution in [0.3, 0.4) is 0 Å². The maximum absolute atomic E-state index is 13.2. The Bertz CT molecular complexity index is 1750. The van der Waals surface area contributed by atoms with Gasteiger partial charge < -0.3 is 15.7 Å². The topological polar surface area (TPSA) is 95.5 Å². The minimum Gasteiger partial charge on any atom is -0.480 e. The van der Waals surface area contributed by atoms with Crippen LogP contribution in [0.15, 0.2) is 133 Å². The summed E-state index contributed by atoms with van der Waals surface area (Å²) in [6.45, 7) is 2.44. The zero-order chi connectivity index (χ0) is 30.9. The molecule has 220 valence electrons. The standard InChI is InChI=1S/C38H34N2O4/c1-38(37(43)44,40-34-18-9-8-17-33(34)36(42)31-14-6-3-7-15-31)24-27-19-21-29(22-20-27)32-16-10-11-28(23-32)25-39-26-35(41)30-12-4-2-5-13-30/h2-23,39-40H,24-26H2,1H3,(H,43,44). The first-order valence-electron chi connectivity index (χ1n) is 14.5. The number of carbonyl (C=O) groups is 3. The van der Waals surface area contributed by atoms with Crippen LogP contribution in [0.5, 0.6) is 0 Å². The largest absolute Gasteiger partial charge is 0.480 e. The van der Waals surface area contributed by atoms with Gasteiger partial charge in [-0.25, -0.2) is 4.79 Å². The second kappa shape index (κ2) is 13.8. The van der Waals surface area contributed by atoms with Crippen LogP contribution in [0.2, 0.25) is 0 Å². The zero-order valence-electron chi connectivity index (χ0n) is 24.5. The lowest BCUT2D eigenvalue weighted by atomic mass is 9.90. The second-order valence-corrected chi connectivity index (χ2v) is 11.0. The normalized spacial score (nSPS) is 12.2. The molecule has 0 aliphatic carbocycles. The number of rotatable bonds is 13. The van der Waals surface area contributed by atoms with Crippen LogP contribution in [0, 0.1) is 0 Å². The number of para-hydroxylation sites is 1. The minimum atomic E-state index is -1.36. The van der Waals surface area contributed by atoms with Crippen LogP contribution >= 0.6 is 0 Å². The number of nitrogens with one attached hydrogen (secondary N) is 2. The number of hydrogen-bond acceptors (Lipinski definition) is 5. The second-order valence-electron chi connectivity index (χ2n) is 11.0. The Morgan fingerprint density at radius 2 is 1.30 bits per heavy atom. The van der Waals surface area contributed by atoms with E-state index in [2.05, 4.69) is 16.7 Å². The number of carbonyl (C=O) groups excluding carboxylic acids is 2. The minimum absolute atomic E-state index is 0.0477. The Morgan fingerprint density at radius 3 is 1.98 bits per heavy atom. The van der Waals surface area contributed by atoms with Gasteiger partial charge in [0.15, 0.2) is 11.6 Å². The van der Waals surface area contributed by atoms with Gasteiger partial charge in [0.1, 0.15) is 5.54 Å². The number of aliphatic carboxylic acids is 1. The maximum Gasteiger partial charge on any atom is 0.329 e. The molecule has 0 aliphatic rings. The summed E-state index contributed by atoms with van der Waals surface area (Å²) in [6, 6.07) is 41.1. The molecule has 0 heterocycles. The lowest BCUT2D eigenvalue weighted by Gasteiger charge is -2.29. The van der Waals surface area contributed by atoms with Crippen LogP contribution in [-0.4, -0.2) is 34.7 Å². The van der Waals surface area contributed by atoms with Gasteiger partial charge in [-0.3, -0.25) is 9.59 Å². The van der Waals surface area contributed by atoms with E-state index in [-0.39, 0.29) is 24.5 Å². The van der Waals surface area contributed by atoms with Crippen LogP contribution in [0.4, 0.5) is 5.69 Å². The first kappa shape index (κ1) is 30.1. The molecule has 0 spiro atoms. The highest BCUT2D eigenvalue weighted by Crippen LogP contribution is 2.27. The Morgan fingerprint density at radius 1 is 0.659 bits per heavy atom. The molecule has 0 radical (unpaired) electrons. The third-order valence-corrected chi connectivity index (χ3v) is 7.57. The summed E-state index contributed by atoms with van der Waals surface area (Å²) in [5.41, 5.74) is 4.67. The highest BCUT2D eigenvalue weighted by Gasteiger charge is 2.34. The predicted molar refractivity (Wildman–Crippen MR) is 174 cm³/mol. The molecule has 0 saturated heterocycles. The lowest BCUT2D eigenvalue weighted by Crippen LogP contribution is -2.45. The van der Waals surface area contributed by atoms with E-state index in [0.29, 0.717) is 28.9 Å². The summed E-state index contributed by atoms with van der Waals surface area (Å²) in [5.74, 6) is -1.15. The van der Waals surface area contributed by atoms with Gasteiger partial charge in [0.2, 0.25) is 0 Å². The summed E-state index contributed by atoms with van der Waals surface area (Å²) < 4.78 is 0. The van der Waals surface area contributed by atoms with E-state index >= 15 is 0 Å². The lowest BCUT2D eigenvalue weighted by molar-refractivity contribution is -0.141. The number of hydrogen-bond donors (Lipinski definition) is 3. The Balaban J connectivity index is 1.26. The quantitative estimate of drug-likeness (QED) is 0.129. The van der Waals surface area contributed by atoms with Gasteiger partial charge >= 0.3 is 5.97 Å². The van der Waals surface area contributed by atoms with Gasteiger partial charge in [-0.05, 0) is 47.4 Å². The maximum atomic E-state index is 13.2. The number of anilines is 1. The highest BCUT2D eigenvalue weighted by atomic mass is 16.4. The molecule has 0 bridgehead atoms. The summed E-state index contributed by atoms with van der Waals surface area (Å²) in [7, 11) is 0. The molecule has 6 heteroatoms. The third-order valence-electron chi connectivity index (χ3n) is 7.57. The molecule has 3 N–H and O–H groups in total. The first-order chi connectivity index (χ1) is 21.3. The fourth-order valence-corrected chi connectivity index (χ4v) is 5.14. The smallest absolute Gasteiger partial charge is 0.329 e. The van der Waals surface area contributed by atoms with E-state index in [9.17, 15) is 19.5 Å². The van der Waals surface area contributed by atoms with Gasteiger partial charge in [-0.2, -0.15) is 0 Å². The molecule has 0 amide bonds. The fraction of sp³-hybridized carbons (Fsp3) is 0.132. The molecule has 1 atom stereocenters. The van der Waals surface area contributed by atoms with Crippen molar-refractivity contribution in [2.75, 3.05) is 11.9 Å².